The van der Waals surface area contributed by atoms with Crippen molar-refractivity contribution < 1.29 is 0 Å². The van der Waals surface area contributed by atoms with Gasteiger partial charge in [-0.25, -0.2) is 0 Å². The maximum atomic E-state index is 5.29. The average molecular weight is 178 g/mol. The van der Waals surface area contributed by atoms with Crippen LogP contribution in [0.2, 0.25) is 0 Å². The van der Waals surface area contributed by atoms with Crippen LogP contribution in [0.4, 0.5) is 5.69 Å². The van der Waals surface area contributed by atoms with Crippen molar-refractivity contribution in [1.29, 1.82) is 0 Å². The molecule has 0 aliphatic rings. The topological polar surface area (TPSA) is 38.0 Å². The van der Waals surface area contributed by atoms with E-state index in [0.29, 0.717) is 5.75 Å². The van der Waals surface area contributed by atoms with Crippen LogP contribution < -0.4 is 11.3 Å². The van der Waals surface area contributed by atoms with E-state index >= 15 is 0 Å². The van der Waals surface area contributed by atoms with Crippen molar-refractivity contribution >= 4 is 18.3 Å². The number of thiol groups is 1. The molecular weight excluding hydrogens is 168 g/mol. The summed E-state index contributed by atoms with van der Waals surface area (Å²) >= 11 is 3.99. The van der Waals surface area contributed by atoms with Crippen LogP contribution in [0.1, 0.15) is 5.56 Å². The number of hydrogen-bond acceptors (Lipinski definition) is 3. The van der Waals surface area contributed by atoms with Gasteiger partial charge < -0.3 is 5.43 Å². The molecule has 0 aliphatic heterocycles. The maximum Gasteiger partial charge on any atom is 0.0641 e. The van der Waals surface area contributed by atoms with E-state index in [4.69, 9.17) is 5.84 Å². The van der Waals surface area contributed by atoms with Crippen molar-refractivity contribution in [3.63, 3.8) is 0 Å². The summed E-state index contributed by atoms with van der Waals surface area (Å²) < 4.78 is 0. The molecule has 0 aromatic heterocycles. The molecule has 0 saturated heterocycles. The first-order valence-corrected chi connectivity index (χ1v) is 4.17. The van der Waals surface area contributed by atoms with Gasteiger partial charge >= 0.3 is 0 Å². The zero-order valence-electron chi connectivity index (χ0n) is 6.54. The molecule has 2 nitrogen and oxygen atoms in total. The van der Waals surface area contributed by atoms with E-state index in [1.807, 2.05) is 24.3 Å². The van der Waals surface area contributed by atoms with Crippen LogP contribution >= 0.6 is 12.6 Å². The lowest BCUT2D eigenvalue weighted by Gasteiger charge is -2.00. The highest BCUT2D eigenvalue weighted by atomic mass is 32.1. The summed E-state index contributed by atoms with van der Waals surface area (Å²) in [4.78, 5) is 0. The maximum absolute atomic E-state index is 5.29. The molecule has 0 fully saturated rings. The Kier molecular flexibility index (Phi) is 3.52. The van der Waals surface area contributed by atoms with Crippen LogP contribution in [-0.2, 0) is 0 Å². The third-order valence-electron chi connectivity index (χ3n) is 1.38. The molecule has 62 valence electrons. The Morgan fingerprint density at radius 2 is 2.17 bits per heavy atom. The molecule has 1 aromatic rings. The zero-order chi connectivity index (χ0) is 8.81. The lowest BCUT2D eigenvalue weighted by Crippen LogP contribution is -2.07. The van der Waals surface area contributed by atoms with Crippen LogP contribution in [0, 0.1) is 11.8 Å². The SMILES string of the molecule is NNc1ccccc1C#CCS. The second-order valence-electron chi connectivity index (χ2n) is 2.15. The predicted molar refractivity (Wildman–Crippen MR) is 55.0 cm³/mol. The highest BCUT2D eigenvalue weighted by Crippen LogP contribution is 2.11. The summed E-state index contributed by atoms with van der Waals surface area (Å²) in [5.74, 6) is 11.6. The summed E-state index contributed by atoms with van der Waals surface area (Å²) in [6, 6.07) is 7.61. The van der Waals surface area contributed by atoms with Gasteiger partial charge in [-0.15, -0.1) is 0 Å². The number of hydrogen-bond donors (Lipinski definition) is 3. The second kappa shape index (κ2) is 4.70. The van der Waals surface area contributed by atoms with E-state index in [9.17, 15) is 0 Å². The Balaban J connectivity index is 2.97. The average Bonchev–Trinajstić information content (AvgIpc) is 2.15. The summed E-state index contributed by atoms with van der Waals surface area (Å²) in [6.45, 7) is 0. The largest absolute Gasteiger partial charge is 0.323 e. The molecule has 3 heteroatoms. The normalized spacial score (nSPS) is 8.50. The summed E-state index contributed by atoms with van der Waals surface area (Å²) in [6.07, 6.45) is 0. The molecule has 12 heavy (non-hydrogen) atoms. The third kappa shape index (κ3) is 2.19. The van der Waals surface area contributed by atoms with Crippen molar-refractivity contribution in [2.24, 2.45) is 5.84 Å². The second-order valence-corrected chi connectivity index (χ2v) is 2.47. The third-order valence-corrected chi connectivity index (χ3v) is 1.54. The molecular formula is C9H10N2S. The molecule has 0 radical (unpaired) electrons. The minimum Gasteiger partial charge on any atom is -0.323 e. The Labute approximate surface area is 77.5 Å². The van der Waals surface area contributed by atoms with Crippen LogP contribution in [0.15, 0.2) is 24.3 Å². The number of rotatable bonds is 1. The summed E-state index contributed by atoms with van der Waals surface area (Å²) in [7, 11) is 0. The van der Waals surface area contributed by atoms with E-state index in [-0.39, 0.29) is 0 Å². The van der Waals surface area contributed by atoms with Crippen molar-refractivity contribution in [3.05, 3.63) is 29.8 Å². The zero-order valence-corrected chi connectivity index (χ0v) is 7.44. The highest BCUT2D eigenvalue weighted by Gasteiger charge is 1.93. The number of hydrazine groups is 1. The van der Waals surface area contributed by atoms with Gasteiger partial charge in [0.1, 0.15) is 0 Å². The quantitative estimate of drug-likeness (QED) is 0.262. The Bertz CT molecular complexity index is 312. The van der Waals surface area contributed by atoms with Gasteiger partial charge in [0.2, 0.25) is 0 Å². The van der Waals surface area contributed by atoms with E-state index < -0.39 is 0 Å². The fourth-order valence-electron chi connectivity index (χ4n) is 0.853. The van der Waals surface area contributed by atoms with Gasteiger partial charge in [0, 0.05) is 5.56 Å². The van der Waals surface area contributed by atoms with Crippen molar-refractivity contribution in [2.45, 2.75) is 0 Å². The number of nitrogen functional groups attached to an aromatic ring is 1. The monoisotopic (exact) mass is 178 g/mol. The van der Waals surface area contributed by atoms with Gasteiger partial charge in [-0.3, -0.25) is 5.84 Å². The van der Waals surface area contributed by atoms with Gasteiger partial charge in [-0.05, 0) is 12.1 Å². The van der Waals surface area contributed by atoms with Crippen LogP contribution in [0.3, 0.4) is 0 Å². The fourth-order valence-corrected chi connectivity index (χ4v) is 0.932. The lowest BCUT2D eigenvalue weighted by atomic mass is 10.2. The molecule has 1 rings (SSSR count). The number of para-hydroxylation sites is 1. The first kappa shape index (κ1) is 8.98. The molecule has 0 saturated carbocycles. The number of nitrogens with one attached hydrogen (secondary N) is 1. The summed E-state index contributed by atoms with van der Waals surface area (Å²) in [5, 5.41) is 0. The van der Waals surface area contributed by atoms with Crippen LogP contribution in [-0.4, -0.2) is 5.75 Å². The van der Waals surface area contributed by atoms with E-state index in [1.54, 1.807) is 0 Å². The molecule has 0 spiro atoms. The van der Waals surface area contributed by atoms with Gasteiger partial charge in [0.25, 0.3) is 0 Å². The number of anilines is 1. The fraction of sp³-hybridized carbons (Fsp3) is 0.111. The van der Waals surface area contributed by atoms with Gasteiger partial charge in [0.15, 0.2) is 0 Å². The van der Waals surface area contributed by atoms with Crippen LogP contribution in [0.25, 0.3) is 0 Å². The Hall–Kier alpha value is -1.11. The molecule has 0 unspecified atom stereocenters. The molecule has 3 N–H and O–H groups in total. The van der Waals surface area contributed by atoms with Crippen molar-refractivity contribution in [3.8, 4) is 11.8 Å². The first-order valence-electron chi connectivity index (χ1n) is 3.54. The molecule has 0 bridgehead atoms. The molecule has 0 heterocycles. The molecule has 0 atom stereocenters. The predicted octanol–water partition coefficient (Wildman–Crippen LogP) is 1.25. The van der Waals surface area contributed by atoms with E-state index in [1.165, 1.54) is 0 Å². The van der Waals surface area contributed by atoms with Crippen molar-refractivity contribution in [1.82, 2.24) is 0 Å². The Morgan fingerprint density at radius 1 is 1.42 bits per heavy atom. The standard InChI is InChI=1S/C9H10N2S/c10-11-9-6-2-1-4-8(9)5-3-7-12/h1-2,4,6,11-12H,7,10H2. The molecule has 0 aliphatic carbocycles. The minimum absolute atomic E-state index is 0.554. The lowest BCUT2D eigenvalue weighted by molar-refractivity contribution is 1.34. The van der Waals surface area contributed by atoms with Gasteiger partial charge in [0.05, 0.1) is 11.4 Å². The Morgan fingerprint density at radius 3 is 2.83 bits per heavy atom. The van der Waals surface area contributed by atoms with Gasteiger partial charge in [-0.2, -0.15) is 12.6 Å². The minimum atomic E-state index is 0.554. The van der Waals surface area contributed by atoms with Crippen LogP contribution in [0.5, 0.6) is 0 Å². The van der Waals surface area contributed by atoms with E-state index in [2.05, 4.69) is 29.9 Å². The highest BCUT2D eigenvalue weighted by molar-refractivity contribution is 7.80. The molecule has 1 aromatic carbocycles. The smallest absolute Gasteiger partial charge is 0.0641 e. The van der Waals surface area contributed by atoms with Gasteiger partial charge in [-0.1, -0.05) is 24.0 Å². The van der Waals surface area contributed by atoms with Crippen molar-refractivity contribution in [2.75, 3.05) is 11.2 Å². The molecule has 0 amide bonds. The van der Waals surface area contributed by atoms with E-state index in [0.717, 1.165) is 11.3 Å². The first-order chi connectivity index (χ1) is 5.88. The number of benzene rings is 1. The number of nitrogens with two attached hydrogens (primary N) is 1. The summed E-state index contributed by atoms with van der Waals surface area (Å²) in [5.41, 5.74) is 4.31.